The van der Waals surface area contributed by atoms with Crippen molar-refractivity contribution in [3.63, 3.8) is 0 Å². The highest BCUT2D eigenvalue weighted by Crippen LogP contribution is 2.47. The molecule has 0 aliphatic carbocycles. The van der Waals surface area contributed by atoms with E-state index in [1.54, 1.807) is 7.05 Å². The Balaban J connectivity index is 0.000000446. The van der Waals surface area contributed by atoms with Gasteiger partial charge in [0, 0.05) is 19.2 Å². The van der Waals surface area contributed by atoms with Crippen molar-refractivity contribution in [1.29, 1.82) is 0 Å². The maximum atomic E-state index is 5.88. The van der Waals surface area contributed by atoms with Crippen LogP contribution < -0.4 is 9.47 Å². The van der Waals surface area contributed by atoms with Crippen molar-refractivity contribution < 1.29 is 9.47 Å². The monoisotopic (exact) mass is 296 g/mol. The van der Waals surface area contributed by atoms with Gasteiger partial charge in [0.2, 0.25) is 0 Å². The lowest BCUT2D eigenvalue weighted by molar-refractivity contribution is 0.360. The molecule has 2 heterocycles. The van der Waals surface area contributed by atoms with Crippen LogP contribution in [0.4, 0.5) is 0 Å². The molecule has 0 bridgehead atoms. The fourth-order valence-electron chi connectivity index (χ4n) is 2.17. The standard InChI is InChI=1S/C14H11N3O2.C2H5N/c1-7-3-11-12(4-8(7)2)19-14-6-10-9(15-17-16-10)5-13(14)18-11;1-3-2/h3-6H,1-2H3,(H,15,16,17);1H2,2H3. The van der Waals surface area contributed by atoms with Crippen LogP contribution >= 0.6 is 0 Å². The quantitative estimate of drug-likeness (QED) is 0.501. The zero-order chi connectivity index (χ0) is 15.7. The number of benzene rings is 2. The van der Waals surface area contributed by atoms with Gasteiger partial charge in [0.15, 0.2) is 23.0 Å². The molecule has 0 saturated heterocycles. The van der Waals surface area contributed by atoms with E-state index in [0.717, 1.165) is 22.5 Å². The molecule has 0 atom stereocenters. The average Bonchev–Trinajstić information content (AvgIpc) is 2.92. The van der Waals surface area contributed by atoms with E-state index in [9.17, 15) is 0 Å². The number of rotatable bonds is 0. The van der Waals surface area contributed by atoms with Gasteiger partial charge in [-0.1, -0.05) is 0 Å². The first kappa shape index (κ1) is 14.1. The summed E-state index contributed by atoms with van der Waals surface area (Å²) in [4.78, 5) is 3.25. The number of nitrogens with zero attached hydrogens (tertiary/aromatic N) is 3. The highest BCUT2D eigenvalue weighted by atomic mass is 16.6. The SMILES string of the molecule is C=NC.Cc1cc2c(cc1C)Oc1cc3n[nH]nc3cc1O2. The molecule has 112 valence electrons. The van der Waals surface area contributed by atoms with E-state index in [1.165, 1.54) is 11.1 Å². The minimum atomic E-state index is 0.664. The number of nitrogens with one attached hydrogen (secondary N) is 1. The number of aliphatic imine (C=N–C) groups is 1. The summed E-state index contributed by atoms with van der Waals surface area (Å²) < 4.78 is 11.8. The smallest absolute Gasteiger partial charge is 0.172 e. The second-order valence-electron chi connectivity index (χ2n) is 5.01. The zero-order valence-corrected chi connectivity index (χ0v) is 12.7. The van der Waals surface area contributed by atoms with Crippen LogP contribution in [0.15, 0.2) is 29.3 Å². The summed E-state index contributed by atoms with van der Waals surface area (Å²) in [6.45, 7) is 7.21. The molecular formula is C16H16N4O2. The number of ether oxygens (including phenoxy) is 2. The van der Waals surface area contributed by atoms with E-state index in [2.05, 4.69) is 41.0 Å². The molecule has 4 rings (SSSR count). The fraction of sp³-hybridized carbons (Fsp3) is 0.188. The van der Waals surface area contributed by atoms with Crippen LogP contribution in [0.2, 0.25) is 0 Å². The predicted octanol–water partition coefficient (Wildman–Crippen LogP) is 3.79. The second-order valence-corrected chi connectivity index (χ2v) is 5.01. The Morgan fingerprint density at radius 1 is 0.864 bits per heavy atom. The van der Waals surface area contributed by atoms with Gasteiger partial charge in [-0.3, -0.25) is 0 Å². The third-order valence-electron chi connectivity index (χ3n) is 3.38. The van der Waals surface area contributed by atoms with Crippen molar-refractivity contribution in [2.75, 3.05) is 7.05 Å². The van der Waals surface area contributed by atoms with Crippen molar-refractivity contribution >= 4 is 17.8 Å². The molecule has 2 aromatic carbocycles. The fourth-order valence-corrected chi connectivity index (χ4v) is 2.17. The Kier molecular flexibility index (Phi) is 3.50. The molecule has 1 aromatic heterocycles. The van der Waals surface area contributed by atoms with Gasteiger partial charge in [-0.25, -0.2) is 0 Å². The zero-order valence-electron chi connectivity index (χ0n) is 12.7. The largest absolute Gasteiger partial charge is 0.449 e. The highest BCUT2D eigenvalue weighted by molar-refractivity contribution is 5.79. The van der Waals surface area contributed by atoms with Gasteiger partial charge in [-0.05, 0) is 43.8 Å². The van der Waals surface area contributed by atoms with Crippen molar-refractivity contribution in [1.82, 2.24) is 15.4 Å². The van der Waals surface area contributed by atoms with Crippen LogP contribution in [0.5, 0.6) is 23.0 Å². The summed E-state index contributed by atoms with van der Waals surface area (Å²) >= 11 is 0. The lowest BCUT2D eigenvalue weighted by Gasteiger charge is -2.21. The van der Waals surface area contributed by atoms with E-state index in [1.807, 2.05) is 24.3 Å². The summed E-state index contributed by atoms with van der Waals surface area (Å²) in [7, 11) is 1.64. The molecule has 0 radical (unpaired) electrons. The summed E-state index contributed by atoms with van der Waals surface area (Å²) in [5, 5.41) is 10.7. The van der Waals surface area contributed by atoms with E-state index >= 15 is 0 Å². The number of aromatic amines is 1. The highest BCUT2D eigenvalue weighted by Gasteiger charge is 2.21. The molecule has 6 nitrogen and oxygen atoms in total. The molecule has 0 spiro atoms. The van der Waals surface area contributed by atoms with Crippen molar-refractivity contribution in [3.05, 3.63) is 35.4 Å². The Morgan fingerprint density at radius 2 is 1.23 bits per heavy atom. The van der Waals surface area contributed by atoms with Crippen molar-refractivity contribution in [2.24, 2.45) is 4.99 Å². The topological polar surface area (TPSA) is 72.4 Å². The minimum absolute atomic E-state index is 0.664. The maximum Gasteiger partial charge on any atom is 0.172 e. The first-order valence-electron chi connectivity index (χ1n) is 6.78. The van der Waals surface area contributed by atoms with Crippen molar-refractivity contribution in [3.8, 4) is 23.0 Å². The molecule has 6 heteroatoms. The second kappa shape index (κ2) is 5.48. The molecule has 22 heavy (non-hydrogen) atoms. The predicted molar refractivity (Wildman–Crippen MR) is 85.4 cm³/mol. The van der Waals surface area contributed by atoms with E-state index in [0.29, 0.717) is 11.5 Å². The first-order valence-corrected chi connectivity index (χ1v) is 6.78. The number of hydrogen-bond donors (Lipinski definition) is 1. The molecule has 3 aromatic rings. The van der Waals surface area contributed by atoms with Crippen LogP contribution in [-0.2, 0) is 0 Å². The van der Waals surface area contributed by atoms with E-state index < -0.39 is 0 Å². The minimum Gasteiger partial charge on any atom is -0.449 e. The van der Waals surface area contributed by atoms with Gasteiger partial charge in [0.1, 0.15) is 11.0 Å². The summed E-state index contributed by atoms with van der Waals surface area (Å²) in [6, 6.07) is 7.62. The number of aromatic nitrogens is 3. The molecule has 0 fully saturated rings. The third kappa shape index (κ3) is 2.39. The van der Waals surface area contributed by atoms with Crippen molar-refractivity contribution in [2.45, 2.75) is 13.8 Å². The van der Waals surface area contributed by atoms with Gasteiger partial charge in [0.25, 0.3) is 0 Å². The Hall–Kier alpha value is -2.89. The lowest BCUT2D eigenvalue weighted by atomic mass is 10.1. The van der Waals surface area contributed by atoms with E-state index in [-0.39, 0.29) is 0 Å². The lowest BCUT2D eigenvalue weighted by Crippen LogP contribution is -2.00. The third-order valence-corrected chi connectivity index (χ3v) is 3.38. The number of fused-ring (bicyclic) bond motifs is 3. The Bertz CT molecular complexity index is 790. The molecule has 1 N–H and O–H groups in total. The number of aryl methyl sites for hydroxylation is 2. The van der Waals surface area contributed by atoms with Crippen LogP contribution in [0.25, 0.3) is 11.0 Å². The van der Waals surface area contributed by atoms with Crippen LogP contribution in [0.3, 0.4) is 0 Å². The first-order chi connectivity index (χ1) is 10.6. The summed E-state index contributed by atoms with van der Waals surface area (Å²) in [6.07, 6.45) is 0. The molecule has 0 amide bonds. The van der Waals surface area contributed by atoms with Gasteiger partial charge in [0.05, 0.1) is 0 Å². The maximum absolute atomic E-state index is 5.88. The Labute approximate surface area is 127 Å². The van der Waals surface area contributed by atoms with Gasteiger partial charge < -0.3 is 14.5 Å². The number of hydrogen-bond acceptors (Lipinski definition) is 5. The van der Waals surface area contributed by atoms with Crippen LogP contribution in [0, 0.1) is 13.8 Å². The molecule has 1 aliphatic rings. The summed E-state index contributed by atoms with van der Waals surface area (Å²) in [5.74, 6) is 2.80. The van der Waals surface area contributed by atoms with Gasteiger partial charge in [-0.2, -0.15) is 15.4 Å². The van der Waals surface area contributed by atoms with Crippen LogP contribution in [0.1, 0.15) is 11.1 Å². The van der Waals surface area contributed by atoms with Gasteiger partial charge in [-0.15, -0.1) is 0 Å². The number of H-pyrrole nitrogens is 1. The van der Waals surface area contributed by atoms with E-state index in [4.69, 9.17) is 9.47 Å². The normalized spacial score (nSPS) is 11.4. The molecule has 1 aliphatic heterocycles. The average molecular weight is 296 g/mol. The van der Waals surface area contributed by atoms with Gasteiger partial charge >= 0.3 is 0 Å². The Morgan fingerprint density at radius 3 is 1.64 bits per heavy atom. The molecular weight excluding hydrogens is 280 g/mol. The summed E-state index contributed by atoms with van der Waals surface area (Å²) in [5.41, 5.74) is 3.87. The molecule has 0 saturated carbocycles. The molecule has 0 unspecified atom stereocenters. The van der Waals surface area contributed by atoms with Crippen LogP contribution in [-0.4, -0.2) is 29.2 Å².